The van der Waals surface area contributed by atoms with Crippen LogP contribution in [0.2, 0.25) is 0 Å². The normalized spacial score (nSPS) is 10.9. The zero-order chi connectivity index (χ0) is 12.3. The van der Waals surface area contributed by atoms with E-state index in [0.717, 1.165) is 19.5 Å². The quantitative estimate of drug-likeness (QED) is 0.546. The van der Waals surface area contributed by atoms with Gasteiger partial charge in [0.25, 0.3) is 0 Å². The smallest absolute Gasteiger partial charge is 0.154 e. The molecule has 0 unspecified atom stereocenters. The number of aldehydes is 1. The minimum absolute atomic E-state index is 0.0370. The Kier molecular flexibility index (Phi) is 11.4. The summed E-state index contributed by atoms with van der Waals surface area (Å²) in [6.07, 6.45) is 0.706. The summed E-state index contributed by atoms with van der Waals surface area (Å²) >= 11 is 0. The molecule has 1 N–H and O–H groups in total. The van der Waals surface area contributed by atoms with E-state index in [1.807, 2.05) is 20.8 Å². The lowest BCUT2D eigenvalue weighted by atomic mass is 9.98. The Balaban J connectivity index is 0. The molecule has 0 heterocycles. The molecular formula is C11H24O4. The number of aliphatic hydroxyl groups excluding tert-OH is 1. The molecule has 0 saturated carbocycles. The fourth-order valence-electron chi connectivity index (χ4n) is 0.555. The lowest BCUT2D eigenvalue weighted by Crippen LogP contribution is -2.17. The zero-order valence-corrected chi connectivity index (χ0v) is 10.4. The van der Waals surface area contributed by atoms with Gasteiger partial charge in [0.15, 0.2) is 6.29 Å². The van der Waals surface area contributed by atoms with Gasteiger partial charge in [-0.15, -0.1) is 0 Å². The summed E-state index contributed by atoms with van der Waals surface area (Å²) in [6, 6.07) is 0. The Labute approximate surface area is 92.6 Å². The molecule has 15 heavy (non-hydrogen) atoms. The van der Waals surface area contributed by atoms with Crippen molar-refractivity contribution in [3.8, 4) is 0 Å². The van der Waals surface area contributed by atoms with Crippen LogP contribution in [0, 0.1) is 5.41 Å². The van der Waals surface area contributed by atoms with E-state index in [0.29, 0.717) is 0 Å². The van der Waals surface area contributed by atoms with Crippen LogP contribution < -0.4 is 0 Å². The first kappa shape index (κ1) is 17.0. The fraction of sp³-hybridized carbons (Fsp3) is 0.909. The second kappa shape index (κ2) is 10.1. The van der Waals surface area contributed by atoms with Crippen LogP contribution in [0.25, 0.3) is 0 Å². The van der Waals surface area contributed by atoms with E-state index < -0.39 is 5.41 Å². The van der Waals surface area contributed by atoms with E-state index >= 15 is 0 Å². The van der Waals surface area contributed by atoms with Gasteiger partial charge in [-0.05, 0) is 20.8 Å². The van der Waals surface area contributed by atoms with Crippen LogP contribution in [0.15, 0.2) is 0 Å². The van der Waals surface area contributed by atoms with Crippen LogP contribution >= 0.6 is 0 Å². The van der Waals surface area contributed by atoms with Crippen molar-refractivity contribution in [2.24, 2.45) is 5.41 Å². The van der Waals surface area contributed by atoms with Gasteiger partial charge in [-0.1, -0.05) is 13.8 Å². The summed E-state index contributed by atoms with van der Waals surface area (Å²) in [5.74, 6) is 0. The van der Waals surface area contributed by atoms with Crippen molar-refractivity contribution in [2.75, 3.05) is 19.8 Å². The van der Waals surface area contributed by atoms with Gasteiger partial charge in [-0.2, -0.15) is 0 Å². The minimum Gasteiger partial charge on any atom is -0.395 e. The molecular weight excluding hydrogens is 196 g/mol. The molecule has 0 aliphatic heterocycles. The number of aliphatic hydroxyl groups is 1. The first-order valence-electron chi connectivity index (χ1n) is 5.23. The van der Waals surface area contributed by atoms with Crippen molar-refractivity contribution in [2.45, 2.75) is 40.9 Å². The highest BCUT2D eigenvalue weighted by Gasteiger charge is 2.12. The average molecular weight is 220 g/mol. The van der Waals surface area contributed by atoms with Crippen LogP contribution in [0.1, 0.15) is 34.6 Å². The van der Waals surface area contributed by atoms with Crippen LogP contribution in [0.5, 0.6) is 0 Å². The molecule has 0 spiro atoms. The third-order valence-corrected chi connectivity index (χ3v) is 1.53. The maximum atomic E-state index is 9.90. The molecule has 0 fully saturated rings. The molecule has 0 atom stereocenters. The van der Waals surface area contributed by atoms with E-state index in [1.165, 1.54) is 0 Å². The Bertz CT molecular complexity index is 140. The zero-order valence-electron chi connectivity index (χ0n) is 10.4. The van der Waals surface area contributed by atoms with Gasteiger partial charge in [-0.3, -0.25) is 0 Å². The van der Waals surface area contributed by atoms with E-state index in [1.54, 1.807) is 13.8 Å². The van der Waals surface area contributed by atoms with Crippen molar-refractivity contribution < 1.29 is 19.4 Å². The summed E-state index contributed by atoms with van der Waals surface area (Å²) in [5, 5.41) is 8.36. The van der Waals surface area contributed by atoms with Crippen molar-refractivity contribution in [1.82, 2.24) is 0 Å². The first-order valence-corrected chi connectivity index (χ1v) is 5.23. The van der Waals surface area contributed by atoms with Gasteiger partial charge in [0.2, 0.25) is 0 Å². The maximum Gasteiger partial charge on any atom is 0.154 e. The monoisotopic (exact) mass is 220 g/mol. The largest absolute Gasteiger partial charge is 0.395 e. The van der Waals surface area contributed by atoms with E-state index in [-0.39, 0.29) is 12.9 Å². The number of carbonyl (C=O) groups is 1. The van der Waals surface area contributed by atoms with Gasteiger partial charge in [0, 0.05) is 18.6 Å². The molecule has 0 radical (unpaired) electrons. The number of ether oxygens (including phenoxy) is 2. The summed E-state index contributed by atoms with van der Waals surface area (Å²) < 4.78 is 10.1. The Hall–Kier alpha value is -0.450. The summed E-state index contributed by atoms with van der Waals surface area (Å²) in [6.45, 7) is 10.5. The molecule has 92 valence electrons. The van der Waals surface area contributed by atoms with E-state index in [9.17, 15) is 4.79 Å². The van der Waals surface area contributed by atoms with E-state index in [2.05, 4.69) is 0 Å². The molecule has 0 aromatic carbocycles. The second-order valence-electron chi connectivity index (χ2n) is 3.74. The first-order chi connectivity index (χ1) is 6.93. The van der Waals surface area contributed by atoms with Crippen molar-refractivity contribution in [3.63, 3.8) is 0 Å². The third kappa shape index (κ3) is 13.6. The average Bonchev–Trinajstić information content (AvgIpc) is 2.20. The van der Waals surface area contributed by atoms with Crippen LogP contribution in [-0.4, -0.2) is 37.5 Å². The number of carbonyl (C=O) groups excluding carboxylic acids is 1. The lowest BCUT2D eigenvalue weighted by molar-refractivity contribution is -0.123. The lowest BCUT2D eigenvalue weighted by Gasteiger charge is -2.09. The predicted molar refractivity (Wildman–Crippen MR) is 59.6 cm³/mol. The van der Waals surface area contributed by atoms with Gasteiger partial charge < -0.3 is 19.4 Å². The van der Waals surface area contributed by atoms with Crippen LogP contribution in [-0.2, 0) is 14.3 Å². The molecule has 4 heteroatoms. The molecule has 0 aromatic rings. The van der Waals surface area contributed by atoms with Crippen molar-refractivity contribution in [1.29, 1.82) is 0 Å². The topological polar surface area (TPSA) is 55.8 Å². The van der Waals surface area contributed by atoms with Gasteiger partial charge in [-0.25, -0.2) is 0 Å². The van der Waals surface area contributed by atoms with Crippen LogP contribution in [0.4, 0.5) is 0 Å². The molecule has 0 amide bonds. The molecule has 0 rings (SSSR count). The SMILES string of the molecule is CC(C)(C=O)CO.CCOC(C)OCC. The molecule has 0 bridgehead atoms. The molecule has 0 saturated heterocycles. The molecule has 4 nitrogen and oxygen atoms in total. The Morgan fingerprint density at radius 2 is 1.67 bits per heavy atom. The van der Waals surface area contributed by atoms with Gasteiger partial charge in [0.1, 0.15) is 6.29 Å². The Morgan fingerprint density at radius 3 is 1.80 bits per heavy atom. The van der Waals surface area contributed by atoms with Crippen molar-refractivity contribution in [3.05, 3.63) is 0 Å². The minimum atomic E-state index is -0.542. The predicted octanol–water partition coefficient (Wildman–Crippen LogP) is 1.61. The van der Waals surface area contributed by atoms with Gasteiger partial charge >= 0.3 is 0 Å². The standard InChI is InChI=1S/C6H14O2.C5H10O2/c1-4-7-6(3)8-5-2;1-5(2,3-6)4-7/h6H,4-5H2,1-3H3;3,7H,4H2,1-2H3. The van der Waals surface area contributed by atoms with Crippen molar-refractivity contribution >= 4 is 6.29 Å². The number of hydrogen-bond donors (Lipinski definition) is 1. The Morgan fingerprint density at radius 1 is 1.27 bits per heavy atom. The van der Waals surface area contributed by atoms with Crippen LogP contribution in [0.3, 0.4) is 0 Å². The highest BCUT2D eigenvalue weighted by molar-refractivity contribution is 5.57. The highest BCUT2D eigenvalue weighted by atomic mass is 16.7. The number of rotatable bonds is 6. The third-order valence-electron chi connectivity index (χ3n) is 1.53. The number of hydrogen-bond acceptors (Lipinski definition) is 4. The molecule has 0 aromatic heterocycles. The molecule has 0 aliphatic rings. The maximum absolute atomic E-state index is 9.90. The molecule has 0 aliphatic carbocycles. The van der Waals surface area contributed by atoms with E-state index in [4.69, 9.17) is 14.6 Å². The summed E-state index contributed by atoms with van der Waals surface area (Å²) in [5.41, 5.74) is -0.542. The second-order valence-corrected chi connectivity index (χ2v) is 3.74. The summed E-state index contributed by atoms with van der Waals surface area (Å²) in [7, 11) is 0. The van der Waals surface area contributed by atoms with Gasteiger partial charge in [0.05, 0.1) is 6.61 Å². The fourth-order valence-corrected chi connectivity index (χ4v) is 0.555. The summed E-state index contributed by atoms with van der Waals surface area (Å²) in [4.78, 5) is 9.90. The highest BCUT2D eigenvalue weighted by Crippen LogP contribution is 2.06.